The fourth-order valence-corrected chi connectivity index (χ4v) is 3.68. The predicted octanol–water partition coefficient (Wildman–Crippen LogP) is -0.530. The summed E-state index contributed by atoms with van der Waals surface area (Å²) >= 11 is 0. The molecule has 1 aliphatic rings. The fraction of sp³-hybridized carbons (Fsp3) is 0.318. The van der Waals surface area contributed by atoms with Crippen LogP contribution in [0.4, 0.5) is 0 Å². The molecule has 5 atom stereocenters. The number of phenolic OH excluding ortho intramolecular Hbond substituents is 4. The number of methoxy groups -OCH3 is 1. The van der Waals surface area contributed by atoms with Crippen molar-refractivity contribution in [1.82, 2.24) is 0 Å². The first-order valence-corrected chi connectivity index (χ1v) is 10.2. The molecule has 1 aliphatic heterocycles. The average Bonchev–Trinajstić information content (AvgIpc) is 2.84. The first-order chi connectivity index (χ1) is 16.6. The van der Waals surface area contributed by atoms with Crippen LogP contribution in [0.25, 0.3) is 22.3 Å². The number of aliphatic hydroxyl groups is 4. The van der Waals surface area contributed by atoms with Crippen LogP contribution in [0.5, 0.6) is 34.5 Å². The second kappa shape index (κ2) is 9.13. The van der Waals surface area contributed by atoms with Gasteiger partial charge >= 0.3 is 0 Å². The maximum absolute atomic E-state index is 13.4. The smallest absolute Gasteiger partial charge is 0.239 e. The lowest BCUT2D eigenvalue weighted by Gasteiger charge is -2.39. The number of fused-ring (bicyclic) bond motifs is 1. The maximum atomic E-state index is 13.4. The van der Waals surface area contributed by atoms with E-state index in [0.29, 0.717) is 0 Å². The van der Waals surface area contributed by atoms with E-state index in [2.05, 4.69) is 0 Å². The summed E-state index contributed by atoms with van der Waals surface area (Å²) in [5.74, 6) is -3.98. The van der Waals surface area contributed by atoms with Crippen molar-refractivity contribution < 1.29 is 59.5 Å². The molecule has 0 aliphatic carbocycles. The molecule has 35 heavy (non-hydrogen) atoms. The van der Waals surface area contributed by atoms with Crippen molar-refractivity contribution in [3.05, 3.63) is 34.5 Å². The zero-order valence-corrected chi connectivity index (χ0v) is 18.0. The van der Waals surface area contributed by atoms with Crippen molar-refractivity contribution in [3.8, 4) is 45.8 Å². The Balaban J connectivity index is 1.95. The second-order valence-corrected chi connectivity index (χ2v) is 7.76. The SMILES string of the molecule is COc1cc2oc(-c3ccc(O)c(O)c3)c(O[C@H]3O[C@H](CO)[C@H](O)[C@@H](O)[C@H]3O)c(=O)c2c(O)c1O. The van der Waals surface area contributed by atoms with E-state index >= 15 is 0 Å². The molecule has 13 heteroatoms. The molecule has 1 saturated heterocycles. The molecule has 0 bridgehead atoms. The second-order valence-electron chi connectivity index (χ2n) is 7.76. The molecule has 0 spiro atoms. The van der Waals surface area contributed by atoms with Crippen LogP contribution in [0.3, 0.4) is 0 Å². The molecule has 8 N–H and O–H groups in total. The summed E-state index contributed by atoms with van der Waals surface area (Å²) in [4.78, 5) is 13.4. The van der Waals surface area contributed by atoms with Crippen LogP contribution in [0.2, 0.25) is 0 Å². The van der Waals surface area contributed by atoms with E-state index in [9.17, 15) is 45.6 Å². The van der Waals surface area contributed by atoms with E-state index < -0.39 is 76.9 Å². The van der Waals surface area contributed by atoms with E-state index in [1.54, 1.807) is 0 Å². The van der Waals surface area contributed by atoms with Gasteiger partial charge in [0.25, 0.3) is 0 Å². The number of ether oxygens (including phenoxy) is 3. The van der Waals surface area contributed by atoms with Crippen molar-refractivity contribution in [3.63, 3.8) is 0 Å². The van der Waals surface area contributed by atoms with E-state index in [4.69, 9.17) is 18.6 Å². The molecule has 0 unspecified atom stereocenters. The van der Waals surface area contributed by atoms with Crippen LogP contribution in [0.15, 0.2) is 33.5 Å². The van der Waals surface area contributed by atoms with Crippen LogP contribution >= 0.6 is 0 Å². The van der Waals surface area contributed by atoms with Crippen LogP contribution in [0, 0.1) is 0 Å². The molecule has 1 aromatic heterocycles. The minimum atomic E-state index is -1.89. The third-order valence-electron chi connectivity index (χ3n) is 5.59. The lowest BCUT2D eigenvalue weighted by Crippen LogP contribution is -2.60. The average molecular weight is 494 g/mol. The Bertz CT molecular complexity index is 1320. The number of aliphatic hydroxyl groups excluding tert-OH is 4. The highest BCUT2D eigenvalue weighted by Gasteiger charge is 2.45. The number of phenols is 4. The summed E-state index contributed by atoms with van der Waals surface area (Å²) < 4.78 is 21.5. The van der Waals surface area contributed by atoms with E-state index in [1.807, 2.05) is 0 Å². The zero-order chi connectivity index (χ0) is 25.6. The van der Waals surface area contributed by atoms with Crippen LogP contribution in [0.1, 0.15) is 0 Å². The molecule has 2 heterocycles. The van der Waals surface area contributed by atoms with E-state index in [1.165, 1.54) is 13.2 Å². The Morgan fingerprint density at radius 2 is 1.66 bits per heavy atom. The van der Waals surface area contributed by atoms with Crippen molar-refractivity contribution in [2.75, 3.05) is 13.7 Å². The first-order valence-electron chi connectivity index (χ1n) is 10.2. The highest BCUT2D eigenvalue weighted by Crippen LogP contribution is 2.44. The van der Waals surface area contributed by atoms with Crippen molar-refractivity contribution >= 4 is 11.0 Å². The lowest BCUT2D eigenvalue weighted by molar-refractivity contribution is -0.277. The largest absolute Gasteiger partial charge is 0.504 e. The summed E-state index contributed by atoms with van der Waals surface area (Å²) in [6, 6.07) is 4.52. The molecule has 4 rings (SSSR count). The lowest BCUT2D eigenvalue weighted by atomic mass is 9.99. The Kier molecular flexibility index (Phi) is 6.36. The normalized spacial score (nSPS) is 24.4. The highest BCUT2D eigenvalue weighted by molar-refractivity contribution is 5.91. The van der Waals surface area contributed by atoms with E-state index in [-0.39, 0.29) is 22.7 Å². The van der Waals surface area contributed by atoms with Crippen LogP contribution < -0.4 is 14.9 Å². The summed E-state index contributed by atoms with van der Waals surface area (Å²) in [5.41, 5.74) is -1.31. The Morgan fingerprint density at radius 1 is 0.943 bits per heavy atom. The van der Waals surface area contributed by atoms with Gasteiger partial charge in [-0.3, -0.25) is 4.79 Å². The molecule has 0 amide bonds. The van der Waals surface area contributed by atoms with Gasteiger partial charge in [-0.1, -0.05) is 0 Å². The minimum absolute atomic E-state index is 0.00502. The van der Waals surface area contributed by atoms with Gasteiger partial charge in [-0.05, 0) is 18.2 Å². The van der Waals surface area contributed by atoms with Crippen molar-refractivity contribution in [2.45, 2.75) is 30.7 Å². The van der Waals surface area contributed by atoms with Gasteiger partial charge in [-0.15, -0.1) is 0 Å². The molecular weight excluding hydrogens is 472 g/mol. The quantitative estimate of drug-likeness (QED) is 0.209. The highest BCUT2D eigenvalue weighted by atomic mass is 16.7. The number of rotatable bonds is 5. The minimum Gasteiger partial charge on any atom is -0.504 e. The molecule has 13 nitrogen and oxygen atoms in total. The number of aromatic hydroxyl groups is 4. The third kappa shape index (κ3) is 4.05. The fourth-order valence-electron chi connectivity index (χ4n) is 3.68. The summed E-state index contributed by atoms with van der Waals surface area (Å²) in [7, 11) is 1.20. The van der Waals surface area contributed by atoms with Gasteiger partial charge in [0.1, 0.15) is 35.4 Å². The first kappa shape index (κ1) is 24.4. The molecule has 2 aromatic carbocycles. The standard InChI is InChI=1S/C22H22O13/c1-32-11-5-10-13(16(28)14(11)26)17(29)21(20(33-10)7-2-3-8(24)9(25)4-7)35-22-19(31)18(30)15(27)12(6-23)34-22/h2-5,12,15,18-19,22-28,30-31H,6H2,1H3/t12-,15+,18-,19-,22-/m1/s1. The predicted molar refractivity (Wildman–Crippen MR) is 116 cm³/mol. The van der Waals surface area contributed by atoms with Gasteiger partial charge in [-0.2, -0.15) is 0 Å². The van der Waals surface area contributed by atoms with Gasteiger partial charge in [0.15, 0.2) is 28.8 Å². The zero-order valence-electron chi connectivity index (χ0n) is 18.0. The molecule has 188 valence electrons. The molecule has 1 fully saturated rings. The Labute approximate surface area is 195 Å². The van der Waals surface area contributed by atoms with Gasteiger partial charge in [0.2, 0.25) is 23.2 Å². The Morgan fingerprint density at radius 3 is 2.29 bits per heavy atom. The molecule has 0 radical (unpaired) electrons. The summed E-state index contributed by atoms with van der Waals surface area (Å²) in [6.07, 6.45) is -8.55. The van der Waals surface area contributed by atoms with Crippen molar-refractivity contribution in [1.29, 1.82) is 0 Å². The summed E-state index contributed by atoms with van der Waals surface area (Å²) in [5, 5.41) is 79.4. The monoisotopic (exact) mass is 494 g/mol. The summed E-state index contributed by atoms with van der Waals surface area (Å²) in [6.45, 7) is -0.760. The van der Waals surface area contributed by atoms with Gasteiger partial charge in [-0.25, -0.2) is 0 Å². The van der Waals surface area contributed by atoms with E-state index in [0.717, 1.165) is 18.2 Å². The van der Waals surface area contributed by atoms with Crippen LogP contribution in [-0.4, -0.2) is 85.3 Å². The third-order valence-corrected chi connectivity index (χ3v) is 5.59. The maximum Gasteiger partial charge on any atom is 0.239 e. The molecule has 0 saturated carbocycles. The number of hydrogen-bond donors (Lipinski definition) is 8. The van der Waals surface area contributed by atoms with Gasteiger partial charge < -0.3 is 59.5 Å². The van der Waals surface area contributed by atoms with Crippen molar-refractivity contribution in [2.24, 2.45) is 0 Å². The molecular formula is C22H22O13. The van der Waals surface area contributed by atoms with Gasteiger partial charge in [0.05, 0.1) is 13.7 Å². The Hall–Kier alpha value is -3.75. The number of hydrogen-bond acceptors (Lipinski definition) is 13. The van der Waals surface area contributed by atoms with Crippen LogP contribution in [-0.2, 0) is 4.74 Å². The topological polar surface area (TPSA) is 220 Å². The molecule has 3 aromatic rings. The van der Waals surface area contributed by atoms with Gasteiger partial charge in [0, 0.05) is 11.6 Å². The number of benzene rings is 2.